The van der Waals surface area contributed by atoms with Crippen molar-refractivity contribution in [2.24, 2.45) is 5.73 Å². The second-order valence-electron chi connectivity index (χ2n) is 3.35. The van der Waals surface area contributed by atoms with E-state index in [2.05, 4.69) is 4.72 Å². The van der Waals surface area contributed by atoms with E-state index in [1.165, 1.54) is 6.07 Å². The molecule has 8 heteroatoms. The van der Waals surface area contributed by atoms with E-state index in [9.17, 15) is 8.42 Å². The zero-order valence-corrected chi connectivity index (χ0v) is 11.7. The number of sulfonamides is 1. The summed E-state index contributed by atoms with van der Waals surface area (Å²) in [7, 11) is -3.58. The summed E-state index contributed by atoms with van der Waals surface area (Å²) in [6.07, 6.45) is 0.564. The molecule has 0 spiro atoms. The second kappa shape index (κ2) is 5.66. The number of nitrogens with one attached hydrogen (secondary N) is 1. The fourth-order valence-electron chi connectivity index (χ4n) is 1.01. The summed E-state index contributed by atoms with van der Waals surface area (Å²) in [6, 6.07) is 1.28. The zero-order chi connectivity index (χ0) is 12.3. The van der Waals surface area contributed by atoms with Gasteiger partial charge in [-0.25, -0.2) is 13.1 Å². The summed E-state index contributed by atoms with van der Waals surface area (Å²) in [4.78, 5) is 0.0221. The highest BCUT2D eigenvalue weighted by Crippen LogP contribution is 2.33. The van der Waals surface area contributed by atoms with Crippen LogP contribution < -0.4 is 10.5 Å². The van der Waals surface area contributed by atoms with Crippen LogP contribution in [-0.2, 0) is 10.0 Å². The monoisotopic (exact) mass is 302 g/mol. The molecule has 0 aliphatic carbocycles. The van der Waals surface area contributed by atoms with Gasteiger partial charge >= 0.3 is 0 Å². The molecule has 1 aromatic rings. The molecule has 16 heavy (non-hydrogen) atoms. The van der Waals surface area contributed by atoms with Gasteiger partial charge in [-0.05, 0) is 19.4 Å². The summed E-state index contributed by atoms with van der Waals surface area (Å²) in [6.45, 7) is 2.09. The molecule has 0 aliphatic heterocycles. The third kappa shape index (κ3) is 3.87. The highest BCUT2D eigenvalue weighted by Gasteiger charge is 2.20. The van der Waals surface area contributed by atoms with E-state index in [4.69, 9.17) is 28.9 Å². The van der Waals surface area contributed by atoms with Gasteiger partial charge in [0.1, 0.15) is 9.23 Å². The molecular weight excluding hydrogens is 291 g/mol. The lowest BCUT2D eigenvalue weighted by atomic mass is 10.3. The molecule has 0 saturated heterocycles. The van der Waals surface area contributed by atoms with Crippen LogP contribution in [-0.4, -0.2) is 21.0 Å². The van der Waals surface area contributed by atoms with E-state index in [0.717, 1.165) is 11.3 Å². The van der Waals surface area contributed by atoms with Crippen LogP contribution in [0.15, 0.2) is 11.0 Å². The summed E-state index contributed by atoms with van der Waals surface area (Å²) in [5, 5.41) is 0. The van der Waals surface area contributed by atoms with E-state index in [1.807, 2.05) is 6.92 Å². The third-order valence-corrected chi connectivity index (χ3v) is 5.02. The number of thiophene rings is 1. The largest absolute Gasteiger partial charge is 0.328 e. The molecule has 1 heterocycles. The smallest absolute Gasteiger partial charge is 0.242 e. The first-order valence-corrected chi connectivity index (χ1v) is 7.58. The molecule has 0 aromatic carbocycles. The first-order valence-electron chi connectivity index (χ1n) is 4.53. The van der Waals surface area contributed by atoms with Crippen molar-refractivity contribution in [1.82, 2.24) is 4.72 Å². The topological polar surface area (TPSA) is 72.2 Å². The molecular formula is C8H12Cl2N2O2S2. The number of nitrogens with two attached hydrogens (primary N) is 1. The van der Waals surface area contributed by atoms with Gasteiger partial charge in [0.25, 0.3) is 0 Å². The van der Waals surface area contributed by atoms with Crippen molar-refractivity contribution in [3.05, 3.63) is 14.7 Å². The Morgan fingerprint density at radius 1 is 1.56 bits per heavy atom. The van der Waals surface area contributed by atoms with E-state index in [0.29, 0.717) is 10.8 Å². The van der Waals surface area contributed by atoms with Crippen molar-refractivity contribution in [3.63, 3.8) is 0 Å². The number of rotatable bonds is 5. The van der Waals surface area contributed by atoms with Crippen LogP contribution in [0.5, 0.6) is 0 Å². The van der Waals surface area contributed by atoms with Gasteiger partial charge in [0.15, 0.2) is 0 Å². The maximum Gasteiger partial charge on any atom is 0.242 e. The lowest BCUT2D eigenvalue weighted by Crippen LogP contribution is -2.28. The summed E-state index contributed by atoms with van der Waals surface area (Å²) in [5.41, 5.74) is 5.51. The molecule has 0 radical (unpaired) electrons. The number of halogens is 2. The van der Waals surface area contributed by atoms with Gasteiger partial charge in [-0.2, -0.15) is 0 Å². The lowest BCUT2D eigenvalue weighted by Gasteiger charge is -2.07. The molecule has 0 saturated carbocycles. The van der Waals surface area contributed by atoms with E-state index >= 15 is 0 Å². The minimum Gasteiger partial charge on any atom is -0.328 e. The van der Waals surface area contributed by atoms with Crippen molar-refractivity contribution in [2.45, 2.75) is 24.3 Å². The second-order valence-corrected chi connectivity index (χ2v) is 7.37. The number of hydrogen-bond acceptors (Lipinski definition) is 4. The van der Waals surface area contributed by atoms with Crippen LogP contribution in [0, 0.1) is 0 Å². The summed E-state index contributed by atoms with van der Waals surface area (Å²) < 4.78 is 26.4. The maximum absolute atomic E-state index is 11.8. The minimum atomic E-state index is -3.58. The first-order chi connectivity index (χ1) is 7.33. The van der Waals surface area contributed by atoms with Crippen molar-refractivity contribution < 1.29 is 8.42 Å². The predicted molar refractivity (Wildman–Crippen MR) is 67.8 cm³/mol. The molecule has 0 aliphatic rings. The quantitative estimate of drug-likeness (QED) is 0.874. The Hall–Kier alpha value is 0.150. The van der Waals surface area contributed by atoms with Crippen molar-refractivity contribution >= 4 is 44.6 Å². The Balaban J connectivity index is 2.75. The molecule has 92 valence electrons. The van der Waals surface area contributed by atoms with Crippen LogP contribution >= 0.6 is 34.5 Å². The highest BCUT2D eigenvalue weighted by atomic mass is 35.5. The molecule has 1 aromatic heterocycles. The Bertz CT molecular complexity index is 457. The molecule has 0 amide bonds. The summed E-state index contributed by atoms with van der Waals surface area (Å²) in [5.74, 6) is 0. The van der Waals surface area contributed by atoms with Crippen molar-refractivity contribution in [3.8, 4) is 0 Å². The fraction of sp³-hybridized carbons (Fsp3) is 0.500. The maximum atomic E-state index is 11.8. The zero-order valence-electron chi connectivity index (χ0n) is 8.54. The molecule has 1 atom stereocenters. The van der Waals surface area contributed by atoms with Crippen LogP contribution in [0.2, 0.25) is 8.67 Å². The van der Waals surface area contributed by atoms with Crippen molar-refractivity contribution in [2.75, 3.05) is 6.54 Å². The first kappa shape index (κ1) is 14.2. The molecule has 1 unspecified atom stereocenters. The van der Waals surface area contributed by atoms with Crippen LogP contribution in [0.1, 0.15) is 13.3 Å². The average Bonchev–Trinajstić information content (AvgIpc) is 2.44. The molecule has 1 rings (SSSR count). The Morgan fingerprint density at radius 2 is 2.19 bits per heavy atom. The van der Waals surface area contributed by atoms with Crippen LogP contribution in [0.25, 0.3) is 0 Å². The Morgan fingerprint density at radius 3 is 2.62 bits per heavy atom. The van der Waals surface area contributed by atoms with Gasteiger partial charge < -0.3 is 5.73 Å². The van der Waals surface area contributed by atoms with Gasteiger partial charge in [-0.15, -0.1) is 11.3 Å². The molecule has 0 bridgehead atoms. The fourth-order valence-corrected chi connectivity index (χ4v) is 4.20. The minimum absolute atomic E-state index is 0.0221. The number of hydrogen-bond donors (Lipinski definition) is 2. The van der Waals surface area contributed by atoms with Gasteiger partial charge in [-0.3, -0.25) is 0 Å². The van der Waals surface area contributed by atoms with Gasteiger partial charge in [0, 0.05) is 12.6 Å². The van der Waals surface area contributed by atoms with Gasteiger partial charge in [-0.1, -0.05) is 23.2 Å². The summed E-state index contributed by atoms with van der Waals surface area (Å²) >= 11 is 12.5. The molecule has 0 fully saturated rings. The van der Waals surface area contributed by atoms with E-state index in [-0.39, 0.29) is 21.8 Å². The van der Waals surface area contributed by atoms with Crippen molar-refractivity contribution in [1.29, 1.82) is 0 Å². The third-order valence-electron chi connectivity index (χ3n) is 1.81. The SMILES string of the molecule is CC(N)CCNS(=O)(=O)c1cc(Cl)sc1Cl. The Kier molecular flexibility index (Phi) is 5.03. The molecule has 3 N–H and O–H groups in total. The van der Waals surface area contributed by atoms with Crippen LogP contribution in [0.4, 0.5) is 0 Å². The standard InChI is InChI=1S/C8H12Cl2N2O2S2/c1-5(11)2-3-12-16(13,14)6-4-7(9)15-8(6)10/h4-5,12H,2-3,11H2,1H3. The normalized spacial score (nSPS) is 14.0. The average molecular weight is 303 g/mol. The van der Waals surface area contributed by atoms with Gasteiger partial charge in [0.05, 0.1) is 4.34 Å². The van der Waals surface area contributed by atoms with Gasteiger partial charge in [0.2, 0.25) is 10.0 Å². The van der Waals surface area contributed by atoms with Crippen LogP contribution in [0.3, 0.4) is 0 Å². The predicted octanol–water partition coefficient (Wildman–Crippen LogP) is 2.07. The lowest BCUT2D eigenvalue weighted by molar-refractivity contribution is 0.572. The Labute approximate surface area is 109 Å². The highest BCUT2D eigenvalue weighted by molar-refractivity contribution is 7.89. The van der Waals surface area contributed by atoms with E-state index in [1.54, 1.807) is 0 Å². The molecule has 4 nitrogen and oxygen atoms in total. The van der Waals surface area contributed by atoms with E-state index < -0.39 is 10.0 Å².